The van der Waals surface area contributed by atoms with E-state index in [2.05, 4.69) is 15.6 Å². The van der Waals surface area contributed by atoms with Crippen LogP contribution in [0.3, 0.4) is 0 Å². The summed E-state index contributed by atoms with van der Waals surface area (Å²) in [4.78, 5) is 15.8. The van der Waals surface area contributed by atoms with Crippen LogP contribution < -0.4 is 10.6 Å². The Bertz CT molecular complexity index is 401. The first-order valence-corrected chi connectivity index (χ1v) is 7.04. The first kappa shape index (κ1) is 14.0. The van der Waals surface area contributed by atoms with Crippen molar-refractivity contribution in [3.8, 4) is 0 Å². The summed E-state index contributed by atoms with van der Waals surface area (Å²) in [6.45, 7) is 1.81. The molecule has 104 valence electrons. The quantitative estimate of drug-likeness (QED) is 0.782. The lowest BCUT2D eigenvalue weighted by molar-refractivity contribution is -0.121. The zero-order valence-electron chi connectivity index (χ0n) is 11.6. The molecular formula is C15H23N3O. The Morgan fingerprint density at radius 1 is 1.32 bits per heavy atom. The molecule has 2 N–H and O–H groups in total. The minimum absolute atomic E-state index is 0.152. The van der Waals surface area contributed by atoms with Gasteiger partial charge in [0.1, 0.15) is 0 Å². The number of nitrogens with zero attached hydrogens (tertiary/aromatic N) is 1. The molecule has 0 aromatic carbocycles. The molecule has 1 fully saturated rings. The molecule has 1 amide bonds. The van der Waals surface area contributed by atoms with Crippen molar-refractivity contribution in [2.24, 2.45) is 5.41 Å². The normalized spacial score (nSPS) is 16.7. The van der Waals surface area contributed by atoms with Crippen LogP contribution in [-0.2, 0) is 11.2 Å². The van der Waals surface area contributed by atoms with Gasteiger partial charge in [0.25, 0.3) is 0 Å². The second-order valence-electron chi connectivity index (χ2n) is 5.52. The zero-order valence-corrected chi connectivity index (χ0v) is 11.6. The van der Waals surface area contributed by atoms with Gasteiger partial charge in [0.2, 0.25) is 5.91 Å². The highest BCUT2D eigenvalue weighted by atomic mass is 16.1. The first-order valence-electron chi connectivity index (χ1n) is 7.04. The number of hydrogen-bond donors (Lipinski definition) is 2. The molecule has 19 heavy (non-hydrogen) atoms. The fraction of sp³-hybridized carbons (Fsp3) is 0.600. The summed E-state index contributed by atoms with van der Waals surface area (Å²) in [5, 5.41) is 6.32. The molecule has 0 aliphatic heterocycles. The maximum atomic E-state index is 11.9. The van der Waals surface area contributed by atoms with Crippen LogP contribution in [0.4, 0.5) is 0 Å². The standard InChI is InChI=1S/C15H23N3O/c1-16-11-15(7-2-8-15)12-18-14(19)4-3-13-5-9-17-10-6-13/h5-6,9-10,16H,2-4,7-8,11-12H2,1H3,(H,18,19). The number of hydrogen-bond acceptors (Lipinski definition) is 3. The summed E-state index contributed by atoms with van der Waals surface area (Å²) >= 11 is 0. The highest BCUT2D eigenvalue weighted by molar-refractivity contribution is 5.76. The van der Waals surface area contributed by atoms with Crippen LogP contribution in [-0.4, -0.2) is 31.0 Å². The van der Waals surface area contributed by atoms with Gasteiger partial charge in [0, 0.05) is 37.3 Å². The zero-order chi connectivity index (χ0) is 13.6. The van der Waals surface area contributed by atoms with E-state index in [4.69, 9.17) is 0 Å². The monoisotopic (exact) mass is 261 g/mol. The van der Waals surface area contributed by atoms with E-state index in [1.807, 2.05) is 19.2 Å². The Balaban J connectivity index is 1.70. The van der Waals surface area contributed by atoms with Crippen molar-refractivity contribution in [1.29, 1.82) is 0 Å². The van der Waals surface area contributed by atoms with Crippen LogP contribution in [0.5, 0.6) is 0 Å². The van der Waals surface area contributed by atoms with E-state index in [1.165, 1.54) is 24.8 Å². The van der Waals surface area contributed by atoms with Crippen LogP contribution in [0.1, 0.15) is 31.2 Å². The van der Waals surface area contributed by atoms with Gasteiger partial charge in [-0.3, -0.25) is 9.78 Å². The summed E-state index contributed by atoms with van der Waals surface area (Å²) in [6, 6.07) is 3.92. The number of pyridine rings is 1. The SMILES string of the molecule is CNCC1(CNC(=O)CCc2ccncc2)CCC1. The summed E-state index contributed by atoms with van der Waals surface area (Å²) in [7, 11) is 1.98. The summed E-state index contributed by atoms with van der Waals surface area (Å²) in [5.41, 5.74) is 1.47. The van der Waals surface area contributed by atoms with Crippen LogP contribution in [0.2, 0.25) is 0 Å². The van der Waals surface area contributed by atoms with Crippen molar-refractivity contribution in [1.82, 2.24) is 15.6 Å². The fourth-order valence-electron chi connectivity index (χ4n) is 2.65. The van der Waals surface area contributed by atoms with Crippen molar-refractivity contribution >= 4 is 5.91 Å². The molecule has 2 rings (SSSR count). The summed E-state index contributed by atoms with van der Waals surface area (Å²) in [6.07, 6.45) is 8.60. The van der Waals surface area contributed by atoms with Crippen LogP contribution in [0.25, 0.3) is 0 Å². The van der Waals surface area contributed by atoms with Gasteiger partial charge >= 0.3 is 0 Å². The van der Waals surface area contributed by atoms with Gasteiger partial charge in [0.15, 0.2) is 0 Å². The smallest absolute Gasteiger partial charge is 0.220 e. The van der Waals surface area contributed by atoms with E-state index in [9.17, 15) is 4.79 Å². The second-order valence-corrected chi connectivity index (χ2v) is 5.52. The second kappa shape index (κ2) is 6.66. The average molecular weight is 261 g/mol. The van der Waals surface area contributed by atoms with Crippen molar-refractivity contribution in [2.75, 3.05) is 20.1 Å². The highest BCUT2D eigenvalue weighted by Crippen LogP contribution is 2.39. The molecule has 1 aromatic heterocycles. The molecule has 0 atom stereocenters. The molecule has 1 saturated carbocycles. The summed E-state index contributed by atoms with van der Waals surface area (Å²) < 4.78 is 0. The molecule has 0 spiro atoms. The van der Waals surface area contributed by atoms with Crippen molar-refractivity contribution in [3.05, 3.63) is 30.1 Å². The topological polar surface area (TPSA) is 54.0 Å². The van der Waals surface area contributed by atoms with Gasteiger partial charge in [-0.2, -0.15) is 0 Å². The highest BCUT2D eigenvalue weighted by Gasteiger charge is 2.36. The Morgan fingerprint density at radius 2 is 2.05 bits per heavy atom. The molecule has 1 aliphatic carbocycles. The molecular weight excluding hydrogens is 238 g/mol. The Kier molecular flexibility index (Phi) is 4.91. The van der Waals surface area contributed by atoms with Gasteiger partial charge in [0.05, 0.1) is 0 Å². The number of rotatable bonds is 7. The lowest BCUT2D eigenvalue weighted by Crippen LogP contribution is -2.47. The molecule has 1 aliphatic rings. The molecule has 1 heterocycles. The van der Waals surface area contributed by atoms with E-state index in [0.29, 0.717) is 11.8 Å². The van der Waals surface area contributed by atoms with Crippen molar-refractivity contribution < 1.29 is 4.79 Å². The molecule has 4 heteroatoms. The number of amides is 1. The lowest BCUT2D eigenvalue weighted by Gasteiger charge is -2.42. The minimum atomic E-state index is 0.152. The predicted octanol–water partition coefficient (Wildman–Crippen LogP) is 1.52. The van der Waals surface area contributed by atoms with Crippen molar-refractivity contribution in [3.63, 3.8) is 0 Å². The molecule has 0 bridgehead atoms. The number of aryl methyl sites for hydroxylation is 1. The summed E-state index contributed by atoms with van der Waals surface area (Å²) in [5.74, 6) is 0.152. The van der Waals surface area contributed by atoms with E-state index in [-0.39, 0.29) is 5.91 Å². The molecule has 0 saturated heterocycles. The van der Waals surface area contributed by atoms with E-state index >= 15 is 0 Å². The molecule has 0 radical (unpaired) electrons. The Labute approximate surface area is 115 Å². The molecule has 0 unspecified atom stereocenters. The van der Waals surface area contributed by atoms with Crippen LogP contribution >= 0.6 is 0 Å². The maximum absolute atomic E-state index is 11.9. The van der Waals surface area contributed by atoms with E-state index < -0.39 is 0 Å². The number of carbonyl (C=O) groups is 1. The predicted molar refractivity (Wildman–Crippen MR) is 75.8 cm³/mol. The third-order valence-corrected chi connectivity index (χ3v) is 4.02. The maximum Gasteiger partial charge on any atom is 0.220 e. The van der Waals surface area contributed by atoms with Gasteiger partial charge < -0.3 is 10.6 Å². The average Bonchev–Trinajstić information content (AvgIpc) is 2.40. The fourth-order valence-corrected chi connectivity index (χ4v) is 2.65. The van der Waals surface area contributed by atoms with E-state index in [0.717, 1.165) is 19.5 Å². The van der Waals surface area contributed by atoms with Gasteiger partial charge in [-0.15, -0.1) is 0 Å². The third-order valence-electron chi connectivity index (χ3n) is 4.02. The van der Waals surface area contributed by atoms with Crippen LogP contribution in [0.15, 0.2) is 24.5 Å². The lowest BCUT2D eigenvalue weighted by atomic mass is 9.68. The largest absolute Gasteiger partial charge is 0.355 e. The minimum Gasteiger partial charge on any atom is -0.355 e. The molecule has 1 aromatic rings. The number of aromatic nitrogens is 1. The van der Waals surface area contributed by atoms with Crippen LogP contribution in [0, 0.1) is 5.41 Å². The molecule has 4 nitrogen and oxygen atoms in total. The van der Waals surface area contributed by atoms with E-state index in [1.54, 1.807) is 12.4 Å². The number of nitrogens with one attached hydrogen (secondary N) is 2. The first-order chi connectivity index (χ1) is 9.24. The van der Waals surface area contributed by atoms with Gasteiger partial charge in [-0.25, -0.2) is 0 Å². The Morgan fingerprint density at radius 3 is 2.63 bits per heavy atom. The van der Waals surface area contributed by atoms with Crippen molar-refractivity contribution in [2.45, 2.75) is 32.1 Å². The number of carbonyl (C=O) groups excluding carboxylic acids is 1. The third kappa shape index (κ3) is 4.03. The Hall–Kier alpha value is -1.42. The van der Waals surface area contributed by atoms with Gasteiger partial charge in [-0.05, 0) is 44.0 Å². The van der Waals surface area contributed by atoms with Gasteiger partial charge in [-0.1, -0.05) is 6.42 Å².